The van der Waals surface area contributed by atoms with Gasteiger partial charge in [-0.1, -0.05) is 11.2 Å². The van der Waals surface area contributed by atoms with Crippen LogP contribution in [0.2, 0.25) is 0 Å². The van der Waals surface area contributed by atoms with Crippen molar-refractivity contribution in [2.75, 3.05) is 6.54 Å². The summed E-state index contributed by atoms with van der Waals surface area (Å²) in [5.74, 6) is -1.05. The Balaban J connectivity index is 2.70. The molecule has 1 amide bonds. The largest absolute Gasteiger partial charge is 0.409 e. The van der Waals surface area contributed by atoms with Gasteiger partial charge in [0.1, 0.15) is 5.82 Å². The molecule has 0 spiro atoms. The van der Waals surface area contributed by atoms with Crippen LogP contribution in [0.3, 0.4) is 0 Å². The van der Waals surface area contributed by atoms with Crippen molar-refractivity contribution in [3.63, 3.8) is 0 Å². The van der Waals surface area contributed by atoms with Crippen molar-refractivity contribution < 1.29 is 14.4 Å². The number of oxime groups is 1. The number of carbonyl (C=O) groups excluding carboxylic acids is 1. The van der Waals surface area contributed by atoms with E-state index >= 15 is 0 Å². The van der Waals surface area contributed by atoms with Gasteiger partial charge >= 0.3 is 0 Å². The van der Waals surface area contributed by atoms with Crippen molar-refractivity contribution in [1.82, 2.24) is 5.32 Å². The zero-order chi connectivity index (χ0) is 12.1. The van der Waals surface area contributed by atoms with Crippen LogP contribution < -0.4 is 11.1 Å². The highest BCUT2D eigenvalue weighted by molar-refractivity contribution is 5.96. The van der Waals surface area contributed by atoms with E-state index in [1.54, 1.807) is 6.92 Å². The van der Waals surface area contributed by atoms with E-state index in [0.29, 0.717) is 5.56 Å². The number of hydrogen-bond acceptors (Lipinski definition) is 3. The Hall–Kier alpha value is -2.11. The number of nitrogens with two attached hydrogens (primary N) is 1. The van der Waals surface area contributed by atoms with Crippen molar-refractivity contribution in [1.29, 1.82) is 0 Å². The molecular formula is C10H12FN3O2. The normalized spacial score (nSPS) is 11.2. The highest BCUT2D eigenvalue weighted by Gasteiger charge is 2.07. The second-order valence-electron chi connectivity index (χ2n) is 3.24. The van der Waals surface area contributed by atoms with Gasteiger partial charge in [-0.05, 0) is 24.6 Å². The molecule has 5 nitrogen and oxygen atoms in total. The molecule has 0 bridgehead atoms. The lowest BCUT2D eigenvalue weighted by Crippen LogP contribution is -2.33. The molecule has 0 aliphatic heterocycles. The summed E-state index contributed by atoms with van der Waals surface area (Å²) in [7, 11) is 0. The summed E-state index contributed by atoms with van der Waals surface area (Å²) in [4.78, 5) is 11.5. The molecule has 0 aliphatic rings. The number of carbonyl (C=O) groups is 1. The van der Waals surface area contributed by atoms with E-state index in [0.717, 1.165) is 6.07 Å². The molecule has 0 heterocycles. The Morgan fingerprint density at radius 3 is 2.88 bits per heavy atom. The summed E-state index contributed by atoms with van der Waals surface area (Å²) < 4.78 is 13.1. The first kappa shape index (κ1) is 12.0. The summed E-state index contributed by atoms with van der Waals surface area (Å²) in [6.45, 7) is 1.51. The molecule has 0 radical (unpaired) electrons. The van der Waals surface area contributed by atoms with Crippen molar-refractivity contribution in [3.05, 3.63) is 35.1 Å². The number of amidine groups is 1. The zero-order valence-electron chi connectivity index (χ0n) is 8.70. The van der Waals surface area contributed by atoms with Crippen LogP contribution in [-0.2, 0) is 0 Å². The monoisotopic (exact) mass is 225 g/mol. The van der Waals surface area contributed by atoms with E-state index in [-0.39, 0.29) is 17.9 Å². The number of aryl methyl sites for hydroxylation is 1. The van der Waals surface area contributed by atoms with Gasteiger partial charge in [0.2, 0.25) is 0 Å². The Morgan fingerprint density at radius 2 is 2.31 bits per heavy atom. The lowest BCUT2D eigenvalue weighted by molar-refractivity contribution is 0.0958. The fourth-order valence-electron chi connectivity index (χ4n) is 1.04. The molecule has 0 atom stereocenters. The first-order valence-corrected chi connectivity index (χ1v) is 4.55. The first-order chi connectivity index (χ1) is 7.54. The average molecular weight is 225 g/mol. The molecule has 4 N–H and O–H groups in total. The predicted octanol–water partition coefficient (Wildman–Crippen LogP) is 0.610. The maximum Gasteiger partial charge on any atom is 0.251 e. The van der Waals surface area contributed by atoms with Gasteiger partial charge in [-0.3, -0.25) is 4.79 Å². The molecule has 6 heteroatoms. The molecule has 1 aromatic rings. The van der Waals surface area contributed by atoms with Gasteiger partial charge in [0, 0.05) is 5.56 Å². The van der Waals surface area contributed by atoms with Crippen LogP contribution in [0.4, 0.5) is 4.39 Å². The summed E-state index contributed by atoms with van der Waals surface area (Å²) >= 11 is 0. The minimum atomic E-state index is -0.481. The van der Waals surface area contributed by atoms with Crippen molar-refractivity contribution in [2.24, 2.45) is 10.9 Å². The number of nitrogens with zero attached hydrogens (tertiary/aromatic N) is 1. The standard InChI is InChI=1S/C10H12FN3O2/c1-6-2-3-7(4-8(6)11)10(15)13-5-9(12)14-16/h2-4,16H,5H2,1H3,(H2,12,14)(H,13,15). The molecule has 0 saturated carbocycles. The van der Waals surface area contributed by atoms with Gasteiger partial charge in [0.05, 0.1) is 6.54 Å². The minimum absolute atomic E-state index is 0.0924. The van der Waals surface area contributed by atoms with Gasteiger partial charge in [0.25, 0.3) is 5.91 Å². The smallest absolute Gasteiger partial charge is 0.251 e. The highest BCUT2D eigenvalue weighted by Crippen LogP contribution is 2.08. The quantitative estimate of drug-likeness (QED) is 0.305. The molecule has 16 heavy (non-hydrogen) atoms. The van der Waals surface area contributed by atoms with Crippen LogP contribution in [0.5, 0.6) is 0 Å². The van der Waals surface area contributed by atoms with E-state index in [2.05, 4.69) is 10.5 Å². The van der Waals surface area contributed by atoms with E-state index < -0.39 is 11.7 Å². The van der Waals surface area contributed by atoms with E-state index in [1.165, 1.54) is 12.1 Å². The Kier molecular flexibility index (Phi) is 3.82. The molecule has 0 unspecified atom stereocenters. The molecule has 0 saturated heterocycles. The van der Waals surface area contributed by atoms with E-state index in [1.807, 2.05) is 0 Å². The third-order valence-electron chi connectivity index (χ3n) is 1.99. The molecule has 0 fully saturated rings. The summed E-state index contributed by atoms with van der Waals surface area (Å²) in [5, 5.41) is 13.3. The SMILES string of the molecule is Cc1ccc(C(=O)NC/C(N)=N/O)cc1F. The van der Waals surface area contributed by atoms with Crippen molar-refractivity contribution >= 4 is 11.7 Å². The van der Waals surface area contributed by atoms with Gasteiger partial charge in [-0.25, -0.2) is 4.39 Å². The first-order valence-electron chi connectivity index (χ1n) is 4.55. The van der Waals surface area contributed by atoms with E-state index in [9.17, 15) is 9.18 Å². The lowest BCUT2D eigenvalue weighted by atomic mass is 10.1. The average Bonchev–Trinajstić information content (AvgIpc) is 2.29. The number of nitrogens with one attached hydrogen (secondary N) is 1. The maximum atomic E-state index is 13.1. The summed E-state index contributed by atoms with van der Waals surface area (Å²) in [6, 6.07) is 4.14. The van der Waals surface area contributed by atoms with Gasteiger partial charge in [-0.15, -0.1) is 0 Å². The Labute approximate surface area is 91.8 Å². The van der Waals surface area contributed by atoms with Crippen LogP contribution in [0.25, 0.3) is 0 Å². The van der Waals surface area contributed by atoms with Gasteiger partial charge in [-0.2, -0.15) is 0 Å². The molecular weight excluding hydrogens is 213 g/mol. The molecule has 0 aromatic heterocycles. The molecule has 0 aliphatic carbocycles. The number of amides is 1. The molecule has 86 valence electrons. The minimum Gasteiger partial charge on any atom is -0.409 e. The second-order valence-corrected chi connectivity index (χ2v) is 3.24. The lowest BCUT2D eigenvalue weighted by Gasteiger charge is -2.04. The fraction of sp³-hybridized carbons (Fsp3) is 0.200. The second kappa shape index (κ2) is 5.11. The van der Waals surface area contributed by atoms with E-state index in [4.69, 9.17) is 10.9 Å². The van der Waals surface area contributed by atoms with Crippen LogP contribution >= 0.6 is 0 Å². The maximum absolute atomic E-state index is 13.1. The van der Waals surface area contributed by atoms with Crippen molar-refractivity contribution in [2.45, 2.75) is 6.92 Å². The van der Waals surface area contributed by atoms with Crippen molar-refractivity contribution in [3.8, 4) is 0 Å². The van der Waals surface area contributed by atoms with Crippen LogP contribution in [0.1, 0.15) is 15.9 Å². The third kappa shape index (κ3) is 2.94. The van der Waals surface area contributed by atoms with Crippen LogP contribution in [0, 0.1) is 12.7 Å². The zero-order valence-corrected chi connectivity index (χ0v) is 8.70. The van der Waals surface area contributed by atoms with Gasteiger partial charge in [0.15, 0.2) is 5.84 Å². The van der Waals surface area contributed by atoms with Crippen LogP contribution in [-0.4, -0.2) is 23.5 Å². The number of halogens is 1. The molecule has 1 aromatic carbocycles. The van der Waals surface area contributed by atoms with Gasteiger partial charge < -0.3 is 16.3 Å². The number of benzene rings is 1. The molecule has 1 rings (SSSR count). The highest BCUT2D eigenvalue weighted by atomic mass is 19.1. The Morgan fingerprint density at radius 1 is 1.62 bits per heavy atom. The number of hydrogen-bond donors (Lipinski definition) is 3. The Bertz CT molecular complexity index is 432. The topological polar surface area (TPSA) is 87.7 Å². The fourth-order valence-corrected chi connectivity index (χ4v) is 1.04. The summed E-state index contributed by atoms with van der Waals surface area (Å²) in [5.41, 5.74) is 5.82. The third-order valence-corrected chi connectivity index (χ3v) is 1.99. The number of rotatable bonds is 3. The van der Waals surface area contributed by atoms with Crippen LogP contribution in [0.15, 0.2) is 23.4 Å². The summed E-state index contributed by atoms with van der Waals surface area (Å²) in [6.07, 6.45) is 0. The predicted molar refractivity (Wildman–Crippen MR) is 56.9 cm³/mol.